The quantitative estimate of drug-likeness (QED) is 0.581. The molecule has 0 aliphatic heterocycles. The van der Waals surface area contributed by atoms with Crippen LogP contribution in [-0.4, -0.2) is 63.7 Å². The Morgan fingerprint density at radius 3 is 2.20 bits per heavy atom. The largest absolute Gasteiger partial charge is 0.315 e. The first-order valence-electron chi connectivity index (χ1n) is 6.06. The molecule has 0 aromatic heterocycles. The van der Waals surface area contributed by atoms with Gasteiger partial charge >= 0.3 is 0 Å². The average molecular weight is 215 g/mol. The minimum atomic E-state index is 0.767. The van der Waals surface area contributed by atoms with Crippen LogP contribution in [0.2, 0.25) is 0 Å². The lowest BCUT2D eigenvalue weighted by molar-refractivity contribution is 0.293. The molecule has 0 rings (SSSR count). The summed E-state index contributed by atoms with van der Waals surface area (Å²) in [5.41, 5.74) is 0. The molecule has 0 bridgehead atoms. The van der Waals surface area contributed by atoms with Gasteiger partial charge in [0.05, 0.1) is 0 Å². The molecule has 3 nitrogen and oxygen atoms in total. The first kappa shape index (κ1) is 14.9. The summed E-state index contributed by atoms with van der Waals surface area (Å²) in [6.45, 7) is 10.3. The maximum atomic E-state index is 3.48. The van der Waals surface area contributed by atoms with Crippen LogP contribution in [0.25, 0.3) is 0 Å². The highest BCUT2D eigenvalue weighted by Gasteiger charge is 2.00. The molecule has 15 heavy (non-hydrogen) atoms. The molecule has 0 unspecified atom stereocenters. The predicted octanol–water partition coefficient (Wildman–Crippen LogP) is 1.12. The van der Waals surface area contributed by atoms with Gasteiger partial charge in [-0.3, -0.25) is 0 Å². The molecule has 0 radical (unpaired) electrons. The van der Waals surface area contributed by atoms with E-state index in [2.05, 4.69) is 50.1 Å². The van der Waals surface area contributed by atoms with Crippen LogP contribution < -0.4 is 5.32 Å². The SMILES string of the molecule is CC(C)CN(C)CCNCCCN(C)C. The molecule has 92 valence electrons. The summed E-state index contributed by atoms with van der Waals surface area (Å²) >= 11 is 0. The Kier molecular flexibility index (Phi) is 9.06. The van der Waals surface area contributed by atoms with Crippen molar-refractivity contribution in [3.8, 4) is 0 Å². The molecule has 0 heterocycles. The van der Waals surface area contributed by atoms with Gasteiger partial charge in [-0.15, -0.1) is 0 Å². The smallest absolute Gasteiger partial charge is 0.0104 e. The Labute approximate surface area is 95.8 Å². The van der Waals surface area contributed by atoms with Crippen molar-refractivity contribution >= 4 is 0 Å². The zero-order chi connectivity index (χ0) is 11.7. The number of nitrogens with one attached hydrogen (secondary N) is 1. The third kappa shape index (κ3) is 11.8. The summed E-state index contributed by atoms with van der Waals surface area (Å²) in [5.74, 6) is 0.767. The van der Waals surface area contributed by atoms with Gasteiger partial charge in [0.25, 0.3) is 0 Å². The number of hydrogen-bond donors (Lipinski definition) is 1. The standard InChI is InChI=1S/C12H29N3/c1-12(2)11-15(5)10-8-13-7-6-9-14(3)4/h12-13H,6-11H2,1-5H3. The number of rotatable bonds is 9. The minimum absolute atomic E-state index is 0.767. The third-order valence-electron chi connectivity index (χ3n) is 2.31. The molecule has 0 atom stereocenters. The molecule has 0 saturated carbocycles. The third-order valence-corrected chi connectivity index (χ3v) is 2.31. The molecule has 0 aliphatic carbocycles. The Hall–Kier alpha value is -0.120. The molecule has 0 amide bonds. The van der Waals surface area contributed by atoms with E-state index in [1.807, 2.05) is 0 Å². The van der Waals surface area contributed by atoms with Crippen molar-refractivity contribution in [2.75, 3.05) is 53.9 Å². The Morgan fingerprint density at radius 1 is 1.00 bits per heavy atom. The summed E-state index contributed by atoms with van der Waals surface area (Å²) in [7, 11) is 6.44. The van der Waals surface area contributed by atoms with Crippen LogP contribution in [-0.2, 0) is 0 Å². The van der Waals surface area contributed by atoms with Gasteiger partial charge in [0.2, 0.25) is 0 Å². The second kappa shape index (κ2) is 9.13. The number of hydrogen-bond acceptors (Lipinski definition) is 3. The Morgan fingerprint density at radius 2 is 1.67 bits per heavy atom. The molecular formula is C12H29N3. The van der Waals surface area contributed by atoms with Crippen molar-refractivity contribution in [1.82, 2.24) is 15.1 Å². The van der Waals surface area contributed by atoms with Crippen molar-refractivity contribution in [3.63, 3.8) is 0 Å². The monoisotopic (exact) mass is 215 g/mol. The van der Waals surface area contributed by atoms with E-state index in [-0.39, 0.29) is 0 Å². The molecule has 0 saturated heterocycles. The fourth-order valence-corrected chi connectivity index (χ4v) is 1.63. The fraction of sp³-hybridized carbons (Fsp3) is 1.00. The van der Waals surface area contributed by atoms with Crippen LogP contribution >= 0.6 is 0 Å². The summed E-state index contributed by atoms with van der Waals surface area (Å²) in [5, 5.41) is 3.48. The van der Waals surface area contributed by atoms with Crippen LogP contribution in [0.4, 0.5) is 0 Å². The van der Waals surface area contributed by atoms with Crippen molar-refractivity contribution in [2.45, 2.75) is 20.3 Å². The van der Waals surface area contributed by atoms with Crippen LogP contribution in [0, 0.1) is 5.92 Å². The summed E-state index contributed by atoms with van der Waals surface area (Å²) in [6.07, 6.45) is 1.24. The highest BCUT2D eigenvalue weighted by Crippen LogP contribution is 1.94. The van der Waals surface area contributed by atoms with Gasteiger partial charge in [0.1, 0.15) is 0 Å². The normalized spacial score (nSPS) is 12.0. The van der Waals surface area contributed by atoms with Crippen LogP contribution in [0.3, 0.4) is 0 Å². The molecule has 0 fully saturated rings. The molecule has 0 aromatic rings. The van der Waals surface area contributed by atoms with E-state index >= 15 is 0 Å². The van der Waals surface area contributed by atoms with Gasteiger partial charge in [0.15, 0.2) is 0 Å². The topological polar surface area (TPSA) is 18.5 Å². The van der Waals surface area contributed by atoms with Gasteiger partial charge in [-0.25, -0.2) is 0 Å². The van der Waals surface area contributed by atoms with Gasteiger partial charge in [-0.2, -0.15) is 0 Å². The van der Waals surface area contributed by atoms with Crippen molar-refractivity contribution in [2.24, 2.45) is 5.92 Å². The van der Waals surface area contributed by atoms with E-state index in [4.69, 9.17) is 0 Å². The van der Waals surface area contributed by atoms with Crippen LogP contribution in [0.1, 0.15) is 20.3 Å². The fourth-order valence-electron chi connectivity index (χ4n) is 1.63. The van der Waals surface area contributed by atoms with Crippen LogP contribution in [0.15, 0.2) is 0 Å². The van der Waals surface area contributed by atoms with Gasteiger partial charge in [0, 0.05) is 19.6 Å². The highest BCUT2D eigenvalue weighted by molar-refractivity contribution is 4.57. The lowest BCUT2D eigenvalue weighted by Crippen LogP contribution is -2.32. The molecule has 0 spiro atoms. The van der Waals surface area contributed by atoms with Crippen molar-refractivity contribution in [1.29, 1.82) is 0 Å². The highest BCUT2D eigenvalue weighted by atomic mass is 15.1. The van der Waals surface area contributed by atoms with E-state index in [1.165, 1.54) is 19.5 Å². The van der Waals surface area contributed by atoms with E-state index in [1.54, 1.807) is 0 Å². The first-order chi connectivity index (χ1) is 7.02. The zero-order valence-corrected chi connectivity index (χ0v) is 11.2. The first-order valence-corrected chi connectivity index (χ1v) is 6.06. The van der Waals surface area contributed by atoms with E-state index in [0.29, 0.717) is 0 Å². The summed E-state index contributed by atoms with van der Waals surface area (Å²) < 4.78 is 0. The van der Waals surface area contributed by atoms with Gasteiger partial charge < -0.3 is 15.1 Å². The number of nitrogens with zero attached hydrogens (tertiary/aromatic N) is 2. The molecular weight excluding hydrogens is 186 g/mol. The molecule has 1 N–H and O–H groups in total. The maximum Gasteiger partial charge on any atom is 0.0104 e. The van der Waals surface area contributed by atoms with E-state index in [9.17, 15) is 0 Å². The van der Waals surface area contributed by atoms with Gasteiger partial charge in [-0.1, -0.05) is 13.8 Å². The second-order valence-electron chi connectivity index (χ2n) is 5.06. The molecule has 0 aliphatic rings. The predicted molar refractivity (Wildman–Crippen MR) is 68.4 cm³/mol. The Balaban J connectivity index is 3.16. The summed E-state index contributed by atoms with van der Waals surface area (Å²) in [4.78, 5) is 4.62. The summed E-state index contributed by atoms with van der Waals surface area (Å²) in [6, 6.07) is 0. The lowest BCUT2D eigenvalue weighted by atomic mass is 10.2. The molecule has 3 heteroatoms. The number of likely N-dealkylation sites (N-methyl/N-ethyl adjacent to an activating group) is 1. The van der Waals surface area contributed by atoms with Gasteiger partial charge in [-0.05, 0) is 46.6 Å². The lowest BCUT2D eigenvalue weighted by Gasteiger charge is -2.19. The molecule has 0 aromatic carbocycles. The zero-order valence-electron chi connectivity index (χ0n) is 11.2. The Bertz CT molecular complexity index is 135. The maximum absolute atomic E-state index is 3.48. The van der Waals surface area contributed by atoms with Crippen LogP contribution in [0.5, 0.6) is 0 Å². The van der Waals surface area contributed by atoms with Crippen molar-refractivity contribution < 1.29 is 0 Å². The van der Waals surface area contributed by atoms with Crippen molar-refractivity contribution in [3.05, 3.63) is 0 Å². The minimum Gasteiger partial charge on any atom is -0.315 e. The average Bonchev–Trinajstić information content (AvgIpc) is 2.09. The van der Waals surface area contributed by atoms with E-state index in [0.717, 1.165) is 25.6 Å². The van der Waals surface area contributed by atoms with E-state index < -0.39 is 0 Å². The second-order valence-corrected chi connectivity index (χ2v) is 5.06.